The summed E-state index contributed by atoms with van der Waals surface area (Å²) < 4.78 is 42.4. The number of nitrogens with zero attached hydrogens (tertiary/aromatic N) is 2. The quantitative estimate of drug-likeness (QED) is 0.489. The van der Waals surface area contributed by atoms with Crippen molar-refractivity contribution < 1.29 is 17.9 Å². The summed E-state index contributed by atoms with van der Waals surface area (Å²) in [7, 11) is -1.72. The first-order valence-corrected chi connectivity index (χ1v) is 6.76. The van der Waals surface area contributed by atoms with Crippen molar-refractivity contribution in [3.8, 4) is 0 Å². The van der Waals surface area contributed by atoms with E-state index in [1.807, 2.05) is 0 Å². The Balaban J connectivity index is 3.40. The van der Waals surface area contributed by atoms with Crippen molar-refractivity contribution in [2.75, 3.05) is 0 Å². The molecule has 0 N–H and O–H groups in total. The van der Waals surface area contributed by atoms with Gasteiger partial charge in [-0.1, -0.05) is 0 Å². The number of nitro groups is 1. The lowest BCUT2D eigenvalue weighted by atomic mass is 10.1. The molecule has 0 bridgehead atoms. The first-order valence-electron chi connectivity index (χ1n) is 5.65. The van der Waals surface area contributed by atoms with Gasteiger partial charge in [-0.15, -0.1) is 0 Å². The third-order valence-corrected chi connectivity index (χ3v) is 3.86. The first-order chi connectivity index (χ1) is 9.05. The molecular formula is C12H14F2N2O3S. The molecule has 5 nitrogen and oxygen atoms in total. The van der Waals surface area contributed by atoms with E-state index in [-0.39, 0.29) is 5.71 Å². The first kappa shape index (κ1) is 16.4. The second-order valence-electron chi connectivity index (χ2n) is 5.05. The van der Waals surface area contributed by atoms with E-state index in [4.69, 9.17) is 0 Å². The highest BCUT2D eigenvalue weighted by Gasteiger charge is 2.25. The van der Waals surface area contributed by atoms with E-state index in [0.29, 0.717) is 0 Å². The maximum atomic E-state index is 13.9. The van der Waals surface area contributed by atoms with Gasteiger partial charge in [-0.2, -0.15) is 8.79 Å². The lowest BCUT2D eigenvalue weighted by molar-refractivity contribution is -0.387. The summed E-state index contributed by atoms with van der Waals surface area (Å²) in [5, 5.41) is 10.6. The summed E-state index contributed by atoms with van der Waals surface area (Å²) in [4.78, 5) is 9.68. The van der Waals surface area contributed by atoms with Gasteiger partial charge in [0.2, 0.25) is 5.82 Å². The molecule has 20 heavy (non-hydrogen) atoms. The molecule has 0 amide bonds. The molecular weight excluding hydrogens is 290 g/mol. The van der Waals surface area contributed by atoms with Crippen LogP contribution in [0.4, 0.5) is 14.5 Å². The minimum absolute atomic E-state index is 0.183. The van der Waals surface area contributed by atoms with E-state index in [2.05, 4.69) is 4.40 Å². The van der Waals surface area contributed by atoms with Crippen LogP contribution < -0.4 is 0 Å². The molecule has 0 aromatic heterocycles. The maximum absolute atomic E-state index is 13.9. The van der Waals surface area contributed by atoms with Gasteiger partial charge in [-0.25, -0.2) is 8.60 Å². The lowest BCUT2D eigenvalue weighted by Gasteiger charge is -2.14. The molecule has 0 aliphatic rings. The summed E-state index contributed by atoms with van der Waals surface area (Å²) in [6.45, 7) is 6.22. The molecule has 0 saturated heterocycles. The van der Waals surface area contributed by atoms with Gasteiger partial charge in [0.15, 0.2) is 0 Å². The zero-order valence-corrected chi connectivity index (χ0v) is 12.3. The van der Waals surface area contributed by atoms with E-state index in [1.165, 1.54) is 6.92 Å². The van der Waals surface area contributed by atoms with Crippen molar-refractivity contribution in [3.63, 3.8) is 0 Å². The molecule has 0 aliphatic heterocycles. The second-order valence-corrected chi connectivity index (χ2v) is 6.96. The Morgan fingerprint density at radius 3 is 2.35 bits per heavy atom. The molecule has 1 atom stereocenters. The van der Waals surface area contributed by atoms with Crippen molar-refractivity contribution in [1.82, 2.24) is 0 Å². The van der Waals surface area contributed by atoms with Gasteiger partial charge in [-0.3, -0.25) is 10.1 Å². The van der Waals surface area contributed by atoms with Crippen LogP contribution in [-0.2, 0) is 11.0 Å². The van der Waals surface area contributed by atoms with Crippen molar-refractivity contribution in [2.45, 2.75) is 32.4 Å². The van der Waals surface area contributed by atoms with Crippen molar-refractivity contribution >= 4 is 22.4 Å². The number of rotatable bonds is 3. The molecule has 0 aliphatic carbocycles. The lowest BCUT2D eigenvalue weighted by Crippen LogP contribution is -2.21. The number of hydrogen-bond donors (Lipinski definition) is 0. The molecule has 0 heterocycles. The number of nitro benzene ring substituents is 1. The van der Waals surface area contributed by atoms with Crippen LogP contribution in [0.25, 0.3) is 0 Å². The van der Waals surface area contributed by atoms with Gasteiger partial charge in [0.1, 0.15) is 16.8 Å². The zero-order chi connectivity index (χ0) is 15.7. The molecule has 0 spiro atoms. The molecule has 0 radical (unpaired) electrons. The molecule has 8 heteroatoms. The minimum Gasteiger partial charge on any atom is -0.258 e. The van der Waals surface area contributed by atoms with Crippen LogP contribution in [0.1, 0.15) is 33.3 Å². The van der Waals surface area contributed by atoms with E-state index < -0.39 is 43.5 Å². The van der Waals surface area contributed by atoms with Crippen LogP contribution in [0.3, 0.4) is 0 Å². The third kappa shape index (κ3) is 3.44. The molecule has 110 valence electrons. The van der Waals surface area contributed by atoms with Crippen molar-refractivity contribution in [2.24, 2.45) is 4.40 Å². The average molecular weight is 304 g/mol. The van der Waals surface area contributed by atoms with Gasteiger partial charge >= 0.3 is 5.69 Å². The van der Waals surface area contributed by atoms with Gasteiger partial charge in [0, 0.05) is 6.07 Å². The van der Waals surface area contributed by atoms with E-state index >= 15 is 0 Å². The number of benzene rings is 1. The van der Waals surface area contributed by atoms with Crippen LogP contribution in [-0.4, -0.2) is 19.6 Å². The van der Waals surface area contributed by atoms with Gasteiger partial charge < -0.3 is 0 Å². The molecule has 1 aromatic carbocycles. The normalized spacial score (nSPS) is 14.2. The van der Waals surface area contributed by atoms with Crippen LogP contribution >= 0.6 is 0 Å². The SMILES string of the molecule is CC(=NS(=O)C(C)(C)C)c1c(F)ccc([N+](=O)[O-])c1F. The Kier molecular flexibility index (Phi) is 4.69. The van der Waals surface area contributed by atoms with Crippen molar-refractivity contribution in [1.29, 1.82) is 0 Å². The minimum atomic E-state index is -1.72. The highest BCUT2D eigenvalue weighted by Crippen LogP contribution is 2.24. The Bertz CT molecular complexity index is 609. The monoisotopic (exact) mass is 304 g/mol. The fourth-order valence-electron chi connectivity index (χ4n) is 1.32. The highest BCUT2D eigenvalue weighted by molar-refractivity contribution is 7.85. The van der Waals surface area contributed by atoms with Gasteiger partial charge in [0.05, 0.1) is 20.9 Å². The predicted molar refractivity (Wildman–Crippen MR) is 73.1 cm³/mol. The Morgan fingerprint density at radius 1 is 1.35 bits per heavy atom. The average Bonchev–Trinajstić information content (AvgIpc) is 2.26. The fraction of sp³-hybridized carbons (Fsp3) is 0.417. The standard InChI is InChI=1S/C12H14F2N2O3S/c1-7(15-20(19)12(2,3)4)10-8(13)5-6-9(11(10)14)16(17)18/h5-6H,1-4H3. The topological polar surface area (TPSA) is 72.6 Å². The van der Waals surface area contributed by atoms with Crippen LogP contribution in [0.15, 0.2) is 16.5 Å². The summed E-state index contributed by atoms with van der Waals surface area (Å²) in [6, 6.07) is 1.53. The zero-order valence-electron chi connectivity index (χ0n) is 11.4. The Labute approximate surface area is 117 Å². The fourth-order valence-corrected chi connectivity index (χ4v) is 1.93. The summed E-state index contributed by atoms with van der Waals surface area (Å²) in [5.41, 5.74) is -1.66. The van der Waals surface area contributed by atoms with E-state index in [0.717, 1.165) is 12.1 Å². The van der Waals surface area contributed by atoms with Crippen LogP contribution in [0.5, 0.6) is 0 Å². The van der Waals surface area contributed by atoms with Crippen LogP contribution in [0.2, 0.25) is 0 Å². The highest BCUT2D eigenvalue weighted by atomic mass is 32.2. The summed E-state index contributed by atoms with van der Waals surface area (Å²) >= 11 is 0. The molecule has 0 fully saturated rings. The predicted octanol–water partition coefficient (Wildman–Crippen LogP) is 3.14. The molecule has 1 rings (SSSR count). The Hall–Kier alpha value is -1.70. The largest absolute Gasteiger partial charge is 0.305 e. The third-order valence-electron chi connectivity index (χ3n) is 2.37. The molecule has 1 unspecified atom stereocenters. The summed E-state index contributed by atoms with van der Waals surface area (Å²) in [5.74, 6) is -2.30. The number of halogens is 2. The molecule has 1 aromatic rings. The van der Waals surface area contributed by atoms with E-state index in [9.17, 15) is 23.1 Å². The van der Waals surface area contributed by atoms with Crippen LogP contribution in [0, 0.1) is 21.7 Å². The number of hydrogen-bond acceptors (Lipinski definition) is 3. The maximum Gasteiger partial charge on any atom is 0.305 e. The van der Waals surface area contributed by atoms with Gasteiger partial charge in [0.25, 0.3) is 0 Å². The van der Waals surface area contributed by atoms with Crippen molar-refractivity contribution in [3.05, 3.63) is 39.4 Å². The smallest absolute Gasteiger partial charge is 0.258 e. The molecule has 0 saturated carbocycles. The van der Waals surface area contributed by atoms with E-state index in [1.54, 1.807) is 20.8 Å². The Morgan fingerprint density at radius 2 is 1.90 bits per heavy atom. The van der Waals surface area contributed by atoms with Gasteiger partial charge in [-0.05, 0) is 33.8 Å². The second kappa shape index (κ2) is 5.74. The summed E-state index contributed by atoms with van der Waals surface area (Å²) in [6.07, 6.45) is 0.